The minimum absolute atomic E-state index is 0.0272. The summed E-state index contributed by atoms with van der Waals surface area (Å²) in [5, 5.41) is 0.500. The first-order chi connectivity index (χ1) is 16.8. The molecule has 3 aromatic carbocycles. The van der Waals surface area contributed by atoms with E-state index in [0.29, 0.717) is 21.9 Å². The number of halogens is 1. The highest BCUT2D eigenvalue weighted by Crippen LogP contribution is 2.26. The largest absolute Gasteiger partial charge is 0.364 e. The number of imidazole rings is 1. The maximum Gasteiger partial charge on any atom is 0.335 e. The number of rotatable bonds is 5. The van der Waals surface area contributed by atoms with Gasteiger partial charge in [-0.05, 0) is 54.8 Å². The van der Waals surface area contributed by atoms with Gasteiger partial charge in [-0.1, -0.05) is 60.1 Å². The number of carbonyl (C=O) groups is 1. The maximum absolute atomic E-state index is 13.9. The molecule has 0 saturated heterocycles. The molecule has 0 unspecified atom stereocenters. The van der Waals surface area contributed by atoms with E-state index in [2.05, 4.69) is 4.98 Å². The molecule has 0 aliphatic carbocycles. The van der Waals surface area contributed by atoms with Gasteiger partial charge in [-0.25, -0.2) is 19.3 Å². The highest BCUT2D eigenvalue weighted by molar-refractivity contribution is 6.30. The van der Waals surface area contributed by atoms with Gasteiger partial charge >= 0.3 is 5.69 Å². The van der Waals surface area contributed by atoms with E-state index in [1.165, 1.54) is 9.13 Å². The van der Waals surface area contributed by atoms with Crippen LogP contribution in [0.5, 0.6) is 0 Å². The smallest absolute Gasteiger partial charge is 0.335 e. The second kappa shape index (κ2) is 8.85. The fourth-order valence-electron chi connectivity index (χ4n) is 4.09. The van der Waals surface area contributed by atoms with Crippen LogP contribution in [-0.4, -0.2) is 25.0 Å². The Morgan fingerprint density at radius 1 is 0.943 bits per heavy atom. The highest BCUT2D eigenvalue weighted by atomic mass is 35.5. The van der Waals surface area contributed by atoms with Gasteiger partial charge < -0.3 is 5.73 Å². The summed E-state index contributed by atoms with van der Waals surface area (Å²) in [4.78, 5) is 35.7. The third kappa shape index (κ3) is 4.11. The first-order valence-electron chi connectivity index (χ1n) is 11.0. The minimum Gasteiger partial charge on any atom is -0.364 e. The van der Waals surface area contributed by atoms with Crippen molar-refractivity contribution in [2.75, 3.05) is 0 Å². The molecule has 0 aliphatic heterocycles. The zero-order valence-corrected chi connectivity index (χ0v) is 20.0. The average molecular weight is 484 g/mol. The first-order valence-corrected chi connectivity index (χ1v) is 11.4. The Bertz CT molecular complexity index is 1650. The predicted octanol–water partition coefficient (Wildman–Crippen LogP) is 4.67. The molecule has 2 aromatic heterocycles. The Balaban J connectivity index is 1.88. The van der Waals surface area contributed by atoms with Crippen LogP contribution >= 0.6 is 11.6 Å². The topological polar surface area (TPSA) is 95.8 Å². The lowest BCUT2D eigenvalue weighted by molar-refractivity contribution is 0.0997. The number of hydrogen-bond acceptors (Lipinski definition) is 4. The molecular weight excluding hydrogens is 462 g/mol. The van der Waals surface area contributed by atoms with Crippen LogP contribution < -0.4 is 11.4 Å². The zero-order chi connectivity index (χ0) is 24.7. The van der Waals surface area contributed by atoms with Gasteiger partial charge in [0.05, 0.1) is 12.2 Å². The number of nitrogens with two attached hydrogens (primary N) is 1. The van der Waals surface area contributed by atoms with E-state index in [-0.39, 0.29) is 29.3 Å². The van der Waals surface area contributed by atoms with Crippen LogP contribution in [0, 0.1) is 13.8 Å². The van der Waals surface area contributed by atoms with Crippen molar-refractivity contribution in [3.63, 3.8) is 0 Å². The number of carbonyl (C=O) groups excluding carboxylic acids is 1. The highest BCUT2D eigenvalue weighted by Gasteiger charge is 2.24. The molecule has 7 nitrogen and oxygen atoms in total. The van der Waals surface area contributed by atoms with Crippen LogP contribution in [0.25, 0.3) is 28.2 Å². The van der Waals surface area contributed by atoms with Gasteiger partial charge in [0.1, 0.15) is 5.52 Å². The van der Waals surface area contributed by atoms with Crippen LogP contribution in [0.15, 0.2) is 77.6 Å². The summed E-state index contributed by atoms with van der Waals surface area (Å²) in [6, 6.07) is 22.3. The molecule has 2 heterocycles. The number of benzene rings is 3. The van der Waals surface area contributed by atoms with Gasteiger partial charge in [-0.2, -0.15) is 0 Å². The Hall–Kier alpha value is -4.23. The third-order valence-corrected chi connectivity index (χ3v) is 6.25. The number of aromatic nitrogens is 4. The summed E-state index contributed by atoms with van der Waals surface area (Å²) >= 11 is 6.19. The van der Waals surface area contributed by atoms with Crippen molar-refractivity contribution in [1.82, 2.24) is 19.1 Å². The number of aryl methyl sites for hydroxylation is 2. The molecule has 0 radical (unpaired) electrons. The lowest BCUT2D eigenvalue weighted by Crippen LogP contribution is -2.24. The molecule has 0 aliphatic rings. The molecule has 5 aromatic rings. The monoisotopic (exact) mass is 483 g/mol. The van der Waals surface area contributed by atoms with Crippen LogP contribution in [0.3, 0.4) is 0 Å². The summed E-state index contributed by atoms with van der Waals surface area (Å²) in [6.07, 6.45) is 0. The third-order valence-electron chi connectivity index (χ3n) is 6.02. The van der Waals surface area contributed by atoms with Crippen molar-refractivity contribution < 1.29 is 4.79 Å². The molecule has 174 valence electrons. The number of amides is 1. The van der Waals surface area contributed by atoms with Gasteiger partial charge in [0.2, 0.25) is 0 Å². The van der Waals surface area contributed by atoms with E-state index in [4.69, 9.17) is 22.3 Å². The Kier molecular flexibility index (Phi) is 5.70. The Morgan fingerprint density at radius 3 is 2.40 bits per heavy atom. The second-order valence-electron chi connectivity index (χ2n) is 8.40. The molecule has 0 bridgehead atoms. The van der Waals surface area contributed by atoms with Crippen molar-refractivity contribution in [2.45, 2.75) is 20.4 Å². The standard InChI is InChI=1S/C27H22ClN5O2/c1-16-11-12-21(13-17(16)2)33-26-23(32(27(33)35)15-18-7-4-3-5-8-18)22(24(29)34)30-25(31-26)19-9-6-10-20(28)14-19/h3-14H,15H2,1-2H3,(H2,29,34). The van der Waals surface area contributed by atoms with Crippen molar-refractivity contribution in [2.24, 2.45) is 5.73 Å². The molecule has 0 saturated carbocycles. The van der Waals surface area contributed by atoms with E-state index in [9.17, 15) is 9.59 Å². The lowest BCUT2D eigenvalue weighted by atomic mass is 10.1. The number of primary amides is 1. The number of nitrogens with zero attached hydrogens (tertiary/aromatic N) is 4. The molecule has 8 heteroatoms. The fraction of sp³-hybridized carbons (Fsp3) is 0.111. The SMILES string of the molecule is Cc1ccc(-n2c(=O)n(Cc3ccccc3)c3c(C(N)=O)nc(-c4cccc(Cl)c4)nc32)cc1C. The zero-order valence-electron chi connectivity index (χ0n) is 19.2. The van der Waals surface area contributed by atoms with Crippen molar-refractivity contribution >= 4 is 28.7 Å². The van der Waals surface area contributed by atoms with Crippen LogP contribution in [0.2, 0.25) is 5.02 Å². The lowest BCUT2D eigenvalue weighted by Gasteiger charge is -2.09. The van der Waals surface area contributed by atoms with E-state index in [1.807, 2.05) is 62.4 Å². The predicted molar refractivity (Wildman–Crippen MR) is 137 cm³/mol. The van der Waals surface area contributed by atoms with Crippen molar-refractivity contribution in [3.05, 3.63) is 111 Å². The number of fused-ring (bicyclic) bond motifs is 1. The quantitative estimate of drug-likeness (QED) is 0.393. The van der Waals surface area contributed by atoms with Gasteiger partial charge in [0, 0.05) is 10.6 Å². The van der Waals surface area contributed by atoms with Gasteiger partial charge in [0.15, 0.2) is 17.2 Å². The fourth-order valence-corrected chi connectivity index (χ4v) is 4.28. The normalized spacial score (nSPS) is 11.2. The van der Waals surface area contributed by atoms with E-state index < -0.39 is 5.91 Å². The molecule has 35 heavy (non-hydrogen) atoms. The van der Waals surface area contributed by atoms with Gasteiger partial charge in [-0.3, -0.25) is 9.36 Å². The van der Waals surface area contributed by atoms with Crippen LogP contribution in [0.4, 0.5) is 0 Å². The van der Waals surface area contributed by atoms with E-state index in [1.54, 1.807) is 24.3 Å². The summed E-state index contributed by atoms with van der Waals surface area (Å²) < 4.78 is 3.01. The first kappa shape index (κ1) is 22.6. The Labute approximate surface area is 206 Å². The van der Waals surface area contributed by atoms with Gasteiger partial charge in [0.25, 0.3) is 5.91 Å². The van der Waals surface area contributed by atoms with Gasteiger partial charge in [-0.15, -0.1) is 0 Å². The molecule has 2 N–H and O–H groups in total. The average Bonchev–Trinajstić information content (AvgIpc) is 3.12. The summed E-state index contributed by atoms with van der Waals surface area (Å²) in [5.41, 5.74) is 10.3. The molecule has 1 amide bonds. The maximum atomic E-state index is 13.9. The summed E-state index contributed by atoms with van der Waals surface area (Å²) in [5.74, 6) is -0.497. The Morgan fingerprint density at radius 2 is 1.71 bits per heavy atom. The summed E-state index contributed by atoms with van der Waals surface area (Å²) in [7, 11) is 0. The van der Waals surface area contributed by atoms with E-state index >= 15 is 0 Å². The van der Waals surface area contributed by atoms with Crippen molar-refractivity contribution in [1.29, 1.82) is 0 Å². The molecule has 0 atom stereocenters. The molecule has 0 fully saturated rings. The molecule has 5 rings (SSSR count). The minimum atomic E-state index is -0.750. The molecular formula is C27H22ClN5O2. The van der Waals surface area contributed by atoms with Crippen molar-refractivity contribution in [3.8, 4) is 17.1 Å². The van der Waals surface area contributed by atoms with Crippen LogP contribution in [-0.2, 0) is 6.54 Å². The van der Waals surface area contributed by atoms with Crippen LogP contribution in [0.1, 0.15) is 27.2 Å². The second-order valence-corrected chi connectivity index (χ2v) is 8.84. The summed E-state index contributed by atoms with van der Waals surface area (Å²) in [6.45, 7) is 4.22. The van der Waals surface area contributed by atoms with E-state index in [0.717, 1.165) is 16.7 Å². The number of hydrogen-bond donors (Lipinski definition) is 1. The molecule has 0 spiro atoms.